The van der Waals surface area contributed by atoms with Crippen LogP contribution >= 0.6 is 0 Å². The van der Waals surface area contributed by atoms with Crippen LogP contribution in [-0.4, -0.2) is 83.3 Å². The van der Waals surface area contributed by atoms with Gasteiger partial charge in [-0.25, -0.2) is 9.97 Å². The summed E-state index contributed by atoms with van der Waals surface area (Å²) in [6.45, 7) is 6.06. The van der Waals surface area contributed by atoms with Gasteiger partial charge in [0.2, 0.25) is 5.95 Å². The van der Waals surface area contributed by atoms with Gasteiger partial charge in [-0.15, -0.1) is 0 Å². The van der Waals surface area contributed by atoms with Crippen molar-refractivity contribution in [1.29, 1.82) is 0 Å². The van der Waals surface area contributed by atoms with E-state index in [1.54, 1.807) is 6.20 Å². The summed E-state index contributed by atoms with van der Waals surface area (Å²) in [5.74, 6) is 1.09. The van der Waals surface area contributed by atoms with Crippen LogP contribution < -0.4 is 15.5 Å². The van der Waals surface area contributed by atoms with E-state index in [0.717, 1.165) is 55.7 Å². The van der Waals surface area contributed by atoms with Crippen LogP contribution in [0.5, 0.6) is 0 Å². The van der Waals surface area contributed by atoms with Gasteiger partial charge in [-0.1, -0.05) is 0 Å². The highest BCUT2D eigenvalue weighted by Gasteiger charge is 2.42. The van der Waals surface area contributed by atoms with Crippen LogP contribution in [0.3, 0.4) is 0 Å². The van der Waals surface area contributed by atoms with Crippen molar-refractivity contribution < 1.29 is 9.53 Å². The smallest absolute Gasteiger partial charge is 0.268 e. The van der Waals surface area contributed by atoms with E-state index in [2.05, 4.69) is 48.1 Å². The lowest BCUT2D eigenvalue weighted by Crippen LogP contribution is -2.54. The van der Waals surface area contributed by atoms with Crippen LogP contribution in [-0.2, 0) is 10.3 Å². The molecule has 2 N–H and O–H groups in total. The minimum atomic E-state index is -0.211. The summed E-state index contributed by atoms with van der Waals surface area (Å²) in [4.78, 5) is 31.2. The predicted molar refractivity (Wildman–Crippen MR) is 125 cm³/mol. The quantitative estimate of drug-likeness (QED) is 0.623. The van der Waals surface area contributed by atoms with Crippen LogP contribution in [0.2, 0.25) is 0 Å². The maximum absolute atomic E-state index is 12.6. The Morgan fingerprint density at radius 1 is 1.09 bits per heavy atom. The number of hydrogen-bond donors (Lipinski definition) is 2. The molecule has 10 heteroatoms. The van der Waals surface area contributed by atoms with Gasteiger partial charge >= 0.3 is 0 Å². The first-order valence-electron chi connectivity index (χ1n) is 11.5. The van der Waals surface area contributed by atoms with Crippen molar-refractivity contribution in [2.24, 2.45) is 0 Å². The van der Waals surface area contributed by atoms with E-state index < -0.39 is 0 Å². The summed E-state index contributed by atoms with van der Waals surface area (Å²) in [6, 6.07) is 5.93. The second-order valence-electron chi connectivity index (χ2n) is 9.17. The number of ether oxygens (including phenoxy) is 1. The minimum Gasteiger partial charge on any atom is -0.381 e. The maximum atomic E-state index is 12.6. The molecule has 3 aliphatic heterocycles. The molecule has 6 heterocycles. The molecule has 33 heavy (non-hydrogen) atoms. The van der Waals surface area contributed by atoms with Crippen LogP contribution in [0.1, 0.15) is 23.3 Å². The molecule has 1 spiro atoms. The zero-order valence-electron chi connectivity index (χ0n) is 18.8. The third kappa shape index (κ3) is 3.59. The number of rotatable bonds is 3. The molecule has 2 fully saturated rings. The molecule has 1 amide bonds. The standard InChI is InChI=1S/C23H28N8O2/c1-29-6-8-30(9-7-29)17-2-3-19(24-14-17)27-22-25-13-16-12-18-21(32)26-15-23(4-10-33-11-5-23)31(18)20(16)28-22/h2-3,12-14H,4-11,15H2,1H3,(H,26,32)(H,24,25,27,28). The van der Waals surface area contributed by atoms with Gasteiger partial charge in [0.1, 0.15) is 17.2 Å². The van der Waals surface area contributed by atoms with E-state index >= 15 is 0 Å². The third-order valence-corrected chi connectivity index (χ3v) is 7.11. The second-order valence-corrected chi connectivity index (χ2v) is 9.17. The molecule has 3 aromatic heterocycles. The zero-order chi connectivity index (χ0) is 22.4. The Kier molecular flexibility index (Phi) is 4.92. The molecule has 0 bridgehead atoms. The SMILES string of the molecule is CN1CCN(c2ccc(Nc3ncc4cc5n(c4n3)C3(CCOCC3)CNC5=O)nc2)CC1. The van der Waals surface area contributed by atoms with Crippen molar-refractivity contribution >= 4 is 34.4 Å². The Balaban J connectivity index is 1.29. The third-order valence-electron chi connectivity index (χ3n) is 7.11. The predicted octanol–water partition coefficient (Wildman–Crippen LogP) is 1.57. The zero-order valence-corrected chi connectivity index (χ0v) is 18.8. The van der Waals surface area contributed by atoms with Gasteiger partial charge in [0.05, 0.1) is 17.4 Å². The Morgan fingerprint density at radius 2 is 1.91 bits per heavy atom. The number of aromatic nitrogens is 4. The average Bonchev–Trinajstić information content (AvgIpc) is 3.24. The number of hydrogen-bond acceptors (Lipinski definition) is 8. The van der Waals surface area contributed by atoms with Crippen LogP contribution in [0, 0.1) is 0 Å². The highest BCUT2D eigenvalue weighted by molar-refractivity contribution is 5.99. The molecule has 3 aliphatic rings. The highest BCUT2D eigenvalue weighted by atomic mass is 16.5. The summed E-state index contributed by atoms with van der Waals surface area (Å²) in [7, 11) is 2.15. The number of nitrogens with one attached hydrogen (secondary N) is 2. The lowest BCUT2D eigenvalue weighted by molar-refractivity contribution is 0.0167. The summed E-state index contributed by atoms with van der Waals surface area (Å²) in [5.41, 5.74) is 2.32. The maximum Gasteiger partial charge on any atom is 0.268 e. The van der Waals surface area contributed by atoms with Crippen LogP contribution in [0.4, 0.5) is 17.5 Å². The highest BCUT2D eigenvalue weighted by Crippen LogP contribution is 2.37. The fourth-order valence-corrected chi connectivity index (χ4v) is 5.09. The Bertz CT molecular complexity index is 1180. The first kappa shape index (κ1) is 20.4. The van der Waals surface area contributed by atoms with E-state index in [0.29, 0.717) is 37.2 Å². The summed E-state index contributed by atoms with van der Waals surface area (Å²) in [5, 5.41) is 7.15. The Labute approximate surface area is 192 Å². The number of amides is 1. The lowest BCUT2D eigenvalue weighted by atomic mass is 9.87. The average molecular weight is 449 g/mol. The van der Waals surface area contributed by atoms with Gasteiger partial charge in [-0.2, -0.15) is 4.98 Å². The minimum absolute atomic E-state index is 0.0687. The monoisotopic (exact) mass is 448 g/mol. The number of carbonyl (C=O) groups is 1. The molecule has 10 nitrogen and oxygen atoms in total. The summed E-state index contributed by atoms with van der Waals surface area (Å²) in [6.07, 6.45) is 5.35. The molecule has 0 unspecified atom stereocenters. The molecule has 0 aromatic carbocycles. The van der Waals surface area contributed by atoms with Crippen molar-refractivity contribution in [3.63, 3.8) is 0 Å². The Hall–Kier alpha value is -3.24. The number of fused-ring (bicyclic) bond motifs is 4. The van der Waals surface area contributed by atoms with Gasteiger partial charge in [0.15, 0.2) is 0 Å². The molecule has 0 saturated carbocycles. The number of likely N-dealkylation sites (N-methyl/N-ethyl adjacent to an activating group) is 1. The van der Waals surface area contributed by atoms with Gasteiger partial charge in [-0.3, -0.25) is 4.79 Å². The molecular weight excluding hydrogens is 420 g/mol. The molecule has 2 saturated heterocycles. The summed E-state index contributed by atoms with van der Waals surface area (Å²) >= 11 is 0. The van der Waals surface area contributed by atoms with Gasteiger partial charge in [0, 0.05) is 57.5 Å². The fraction of sp³-hybridized carbons (Fsp3) is 0.478. The van der Waals surface area contributed by atoms with E-state index in [-0.39, 0.29) is 11.4 Å². The van der Waals surface area contributed by atoms with Crippen LogP contribution in [0.25, 0.3) is 11.0 Å². The molecule has 172 valence electrons. The Morgan fingerprint density at radius 3 is 2.67 bits per heavy atom. The topological polar surface area (TPSA) is 100 Å². The van der Waals surface area contributed by atoms with Crippen LogP contribution in [0.15, 0.2) is 30.6 Å². The van der Waals surface area contributed by atoms with E-state index in [9.17, 15) is 4.79 Å². The van der Waals surface area contributed by atoms with Crippen molar-refractivity contribution in [1.82, 2.24) is 29.7 Å². The number of pyridine rings is 1. The molecule has 0 radical (unpaired) electrons. The molecule has 6 rings (SSSR count). The lowest BCUT2D eigenvalue weighted by Gasteiger charge is -2.42. The fourth-order valence-electron chi connectivity index (χ4n) is 5.09. The van der Waals surface area contributed by atoms with Crippen molar-refractivity contribution in [2.75, 3.05) is 63.2 Å². The van der Waals surface area contributed by atoms with E-state index in [4.69, 9.17) is 9.72 Å². The normalized spacial score (nSPS) is 20.6. The van der Waals surface area contributed by atoms with E-state index in [1.165, 1.54) is 0 Å². The van der Waals surface area contributed by atoms with Crippen molar-refractivity contribution in [2.45, 2.75) is 18.4 Å². The first-order valence-corrected chi connectivity index (χ1v) is 11.5. The van der Waals surface area contributed by atoms with E-state index in [1.807, 2.05) is 18.3 Å². The summed E-state index contributed by atoms with van der Waals surface area (Å²) < 4.78 is 7.72. The number of carbonyl (C=O) groups excluding carboxylic acids is 1. The van der Waals surface area contributed by atoms with Crippen molar-refractivity contribution in [3.8, 4) is 0 Å². The number of nitrogens with zero attached hydrogens (tertiary/aromatic N) is 6. The van der Waals surface area contributed by atoms with Gasteiger partial charge < -0.3 is 29.7 Å². The van der Waals surface area contributed by atoms with Gasteiger partial charge in [-0.05, 0) is 38.1 Å². The van der Waals surface area contributed by atoms with Gasteiger partial charge in [0.25, 0.3) is 5.91 Å². The largest absolute Gasteiger partial charge is 0.381 e. The first-order chi connectivity index (χ1) is 16.1. The molecule has 0 atom stereocenters. The van der Waals surface area contributed by atoms with Crippen molar-refractivity contribution in [3.05, 3.63) is 36.3 Å². The number of anilines is 3. The molecule has 0 aliphatic carbocycles. The number of piperazine rings is 1. The molecular formula is C23H28N8O2. The molecule has 3 aromatic rings. The second kappa shape index (κ2) is 7.96.